The molecule has 0 aliphatic carbocycles. The van der Waals surface area contributed by atoms with Gasteiger partial charge in [-0.1, -0.05) is 18.2 Å². The summed E-state index contributed by atoms with van der Waals surface area (Å²) in [5.41, 5.74) is 1.23. The van der Waals surface area contributed by atoms with Crippen molar-refractivity contribution in [3.8, 4) is 23.0 Å². The summed E-state index contributed by atoms with van der Waals surface area (Å²) >= 11 is 0. The van der Waals surface area contributed by atoms with Crippen molar-refractivity contribution in [1.82, 2.24) is 0 Å². The maximum atomic E-state index is 13.6. The van der Waals surface area contributed by atoms with E-state index in [9.17, 15) is 14.7 Å². The summed E-state index contributed by atoms with van der Waals surface area (Å²) in [5.74, 6) is 0.0601. The van der Waals surface area contributed by atoms with E-state index < -0.39 is 17.7 Å². The molecule has 1 atom stereocenters. The number of amides is 1. The van der Waals surface area contributed by atoms with Gasteiger partial charge in [0.1, 0.15) is 28.8 Å². The van der Waals surface area contributed by atoms with Crippen LogP contribution < -0.4 is 23.8 Å². The molecule has 1 N–H and O–H groups in total. The number of aliphatic hydroxyl groups excluding tert-OH is 1. The van der Waals surface area contributed by atoms with E-state index in [1.54, 1.807) is 66.7 Å². The maximum Gasteiger partial charge on any atom is 0.300 e. The number of nitrogens with zero attached hydrogens (tertiary/aromatic N) is 1. The van der Waals surface area contributed by atoms with E-state index in [0.717, 1.165) is 0 Å². The van der Waals surface area contributed by atoms with Crippen molar-refractivity contribution in [3.63, 3.8) is 0 Å². The number of ketones is 1. The van der Waals surface area contributed by atoms with Crippen LogP contribution in [0.3, 0.4) is 0 Å². The van der Waals surface area contributed by atoms with Crippen LogP contribution in [0.2, 0.25) is 0 Å². The molecule has 1 fully saturated rings. The standard InChI is InChI=1S/C31H33NO7/c1-6-37-22-16-17-24(26(18-22)38-7-2)29(33)27-28(23-10-8-9-11-25(23)36-5)32(31(35)30(27)34)20-12-14-21(15-13-20)39-19(3)4/h8-19,28,33H,6-7H2,1-5H3/b29-27+. The third kappa shape index (κ3) is 5.55. The van der Waals surface area contributed by atoms with Gasteiger partial charge >= 0.3 is 0 Å². The Kier molecular flexibility index (Phi) is 8.44. The molecule has 3 aromatic carbocycles. The SMILES string of the molecule is CCOc1ccc(/C(O)=C2\C(=O)C(=O)N(c3ccc(OC(C)C)cc3)C2c2ccccc2OC)c(OCC)c1. The first-order valence-corrected chi connectivity index (χ1v) is 12.9. The van der Waals surface area contributed by atoms with Crippen LogP contribution >= 0.6 is 0 Å². The van der Waals surface area contributed by atoms with E-state index in [1.165, 1.54) is 12.0 Å². The van der Waals surface area contributed by atoms with Gasteiger partial charge in [-0.2, -0.15) is 0 Å². The zero-order chi connectivity index (χ0) is 28.1. The smallest absolute Gasteiger partial charge is 0.300 e. The first-order chi connectivity index (χ1) is 18.8. The molecule has 1 aliphatic rings. The molecular weight excluding hydrogens is 498 g/mol. The number of hydrogen-bond donors (Lipinski definition) is 1. The first kappa shape index (κ1) is 27.6. The number of Topliss-reactive ketones (excluding diaryl/α,β-unsaturated/α-hetero) is 1. The van der Waals surface area contributed by atoms with Gasteiger partial charge in [0.15, 0.2) is 0 Å². The number of carbonyl (C=O) groups is 2. The quantitative estimate of drug-likeness (QED) is 0.198. The van der Waals surface area contributed by atoms with Crippen LogP contribution in [0.25, 0.3) is 5.76 Å². The number of anilines is 1. The second kappa shape index (κ2) is 11.9. The van der Waals surface area contributed by atoms with Gasteiger partial charge in [-0.15, -0.1) is 0 Å². The zero-order valence-corrected chi connectivity index (χ0v) is 22.8. The van der Waals surface area contributed by atoms with Crippen LogP contribution in [0.4, 0.5) is 5.69 Å². The molecule has 204 valence electrons. The van der Waals surface area contributed by atoms with E-state index in [1.807, 2.05) is 27.7 Å². The molecule has 1 saturated heterocycles. The highest BCUT2D eigenvalue weighted by atomic mass is 16.5. The Morgan fingerprint density at radius 1 is 0.897 bits per heavy atom. The lowest BCUT2D eigenvalue weighted by molar-refractivity contribution is -0.132. The highest BCUT2D eigenvalue weighted by Gasteiger charge is 2.48. The van der Waals surface area contributed by atoms with E-state index in [0.29, 0.717) is 47.5 Å². The third-order valence-electron chi connectivity index (χ3n) is 6.18. The molecular formula is C31H33NO7. The van der Waals surface area contributed by atoms with Crippen LogP contribution in [0.5, 0.6) is 23.0 Å². The number of benzene rings is 3. The number of ether oxygens (including phenoxy) is 4. The summed E-state index contributed by atoms with van der Waals surface area (Å²) in [7, 11) is 1.52. The van der Waals surface area contributed by atoms with Crippen LogP contribution in [0.1, 0.15) is 44.9 Å². The molecule has 0 aromatic heterocycles. The number of carbonyl (C=O) groups excluding carboxylic acids is 2. The fraction of sp³-hybridized carbons (Fsp3) is 0.290. The number of para-hydroxylation sites is 1. The van der Waals surface area contributed by atoms with Crippen molar-refractivity contribution in [2.24, 2.45) is 0 Å². The second-order valence-electron chi connectivity index (χ2n) is 9.10. The molecule has 1 aliphatic heterocycles. The van der Waals surface area contributed by atoms with Crippen LogP contribution in [0, 0.1) is 0 Å². The minimum Gasteiger partial charge on any atom is -0.507 e. The topological polar surface area (TPSA) is 94.5 Å². The van der Waals surface area contributed by atoms with Crippen molar-refractivity contribution >= 4 is 23.1 Å². The number of rotatable bonds is 10. The summed E-state index contributed by atoms with van der Waals surface area (Å²) < 4.78 is 22.7. The second-order valence-corrected chi connectivity index (χ2v) is 9.10. The minimum absolute atomic E-state index is 0.0210. The number of methoxy groups -OCH3 is 1. The fourth-order valence-electron chi connectivity index (χ4n) is 4.62. The molecule has 0 spiro atoms. The van der Waals surface area contributed by atoms with Gasteiger partial charge in [0.25, 0.3) is 11.7 Å². The van der Waals surface area contributed by atoms with Gasteiger partial charge in [0.05, 0.1) is 43.6 Å². The summed E-state index contributed by atoms with van der Waals surface area (Å²) in [6, 6.07) is 18.0. The minimum atomic E-state index is -0.959. The molecule has 1 unspecified atom stereocenters. The largest absolute Gasteiger partial charge is 0.507 e. The molecule has 8 nitrogen and oxygen atoms in total. The average molecular weight is 532 g/mol. The molecule has 4 rings (SSSR count). The lowest BCUT2D eigenvalue weighted by Gasteiger charge is -2.27. The van der Waals surface area contributed by atoms with Crippen LogP contribution in [-0.4, -0.2) is 43.2 Å². The van der Waals surface area contributed by atoms with Gasteiger partial charge in [0.2, 0.25) is 0 Å². The van der Waals surface area contributed by atoms with Gasteiger partial charge in [-0.25, -0.2) is 0 Å². The Morgan fingerprint density at radius 2 is 1.56 bits per heavy atom. The Labute approximate surface area is 228 Å². The predicted octanol–water partition coefficient (Wildman–Crippen LogP) is 5.91. The average Bonchev–Trinajstić information content (AvgIpc) is 3.19. The first-order valence-electron chi connectivity index (χ1n) is 12.9. The molecule has 3 aromatic rings. The van der Waals surface area contributed by atoms with Crippen LogP contribution in [-0.2, 0) is 9.59 Å². The van der Waals surface area contributed by atoms with E-state index in [-0.39, 0.29) is 23.0 Å². The van der Waals surface area contributed by atoms with Gasteiger partial charge in [-0.3, -0.25) is 14.5 Å². The maximum absolute atomic E-state index is 13.6. The summed E-state index contributed by atoms with van der Waals surface area (Å²) in [5, 5.41) is 11.6. The zero-order valence-electron chi connectivity index (χ0n) is 22.8. The Bertz CT molecular complexity index is 1380. The van der Waals surface area contributed by atoms with Crippen molar-refractivity contribution in [2.45, 2.75) is 39.8 Å². The third-order valence-corrected chi connectivity index (χ3v) is 6.18. The van der Waals surface area contributed by atoms with E-state index >= 15 is 0 Å². The predicted molar refractivity (Wildman–Crippen MR) is 149 cm³/mol. The van der Waals surface area contributed by atoms with E-state index in [4.69, 9.17) is 18.9 Å². The Hall–Kier alpha value is -4.46. The lowest BCUT2D eigenvalue weighted by Crippen LogP contribution is -2.29. The van der Waals surface area contributed by atoms with Gasteiger partial charge < -0.3 is 24.1 Å². The number of hydrogen-bond acceptors (Lipinski definition) is 7. The highest BCUT2D eigenvalue weighted by molar-refractivity contribution is 6.51. The van der Waals surface area contributed by atoms with Crippen LogP contribution in [0.15, 0.2) is 72.3 Å². The number of aliphatic hydroxyl groups is 1. The molecule has 0 radical (unpaired) electrons. The van der Waals surface area contributed by atoms with Crippen molar-refractivity contribution < 1.29 is 33.6 Å². The Balaban J connectivity index is 1.92. The monoisotopic (exact) mass is 531 g/mol. The summed E-state index contributed by atoms with van der Waals surface area (Å²) in [6.07, 6.45) is -0.0210. The summed E-state index contributed by atoms with van der Waals surface area (Å²) in [6.45, 7) is 8.31. The van der Waals surface area contributed by atoms with Gasteiger partial charge in [0, 0.05) is 17.3 Å². The molecule has 0 bridgehead atoms. The molecule has 39 heavy (non-hydrogen) atoms. The van der Waals surface area contributed by atoms with Crippen molar-refractivity contribution in [1.29, 1.82) is 0 Å². The van der Waals surface area contributed by atoms with E-state index in [2.05, 4.69) is 0 Å². The van der Waals surface area contributed by atoms with Crippen molar-refractivity contribution in [3.05, 3.63) is 83.4 Å². The highest BCUT2D eigenvalue weighted by Crippen LogP contribution is 2.46. The lowest BCUT2D eigenvalue weighted by atomic mass is 9.94. The summed E-state index contributed by atoms with van der Waals surface area (Å²) in [4.78, 5) is 28.5. The van der Waals surface area contributed by atoms with Gasteiger partial charge in [-0.05, 0) is 70.2 Å². The van der Waals surface area contributed by atoms with Crippen molar-refractivity contribution in [2.75, 3.05) is 25.2 Å². The normalized spacial score (nSPS) is 16.5. The molecule has 8 heteroatoms. The fourth-order valence-corrected chi connectivity index (χ4v) is 4.62. The molecule has 1 amide bonds. The Morgan fingerprint density at radius 3 is 2.21 bits per heavy atom. The molecule has 1 heterocycles. The molecule has 0 saturated carbocycles.